The van der Waals surface area contributed by atoms with E-state index in [1.807, 2.05) is 0 Å². The van der Waals surface area contributed by atoms with Crippen molar-refractivity contribution in [2.75, 3.05) is 0 Å². The van der Waals surface area contributed by atoms with E-state index in [-0.39, 0.29) is 38.3 Å². The third-order valence-electron chi connectivity index (χ3n) is 0.699. The molecular weight excluding hydrogens is 193 g/mol. The number of aliphatic carboxylic acids is 1. The fourth-order valence-corrected chi connectivity index (χ4v) is 0.307. The monoisotopic (exact) mass is 201 g/mol. The molecule has 49 valence electrons. The summed E-state index contributed by atoms with van der Waals surface area (Å²) >= 11 is 0. The van der Waals surface area contributed by atoms with Crippen molar-refractivity contribution in [2.45, 2.75) is 13.3 Å². The zero-order valence-electron chi connectivity index (χ0n) is 5.29. The van der Waals surface area contributed by atoms with Crippen molar-refractivity contribution >= 4 is 5.97 Å². The predicted molar refractivity (Wildman–Crippen MR) is 30.0 cm³/mol. The average molecular weight is 201 g/mol. The average Bonchev–Trinajstić information content (AvgIpc) is 1.67. The molecule has 0 fully saturated rings. The van der Waals surface area contributed by atoms with Crippen LogP contribution in [0.4, 0.5) is 0 Å². The first kappa shape index (κ1) is 12.0. The number of carboxylic acids is 1. The van der Waals surface area contributed by atoms with Gasteiger partial charge < -0.3 is 16.3 Å². The van der Waals surface area contributed by atoms with Crippen molar-refractivity contribution in [3.8, 4) is 0 Å². The Kier molecular flexibility index (Phi) is 8.60. The molecule has 1 radical (unpaired) electrons. The van der Waals surface area contributed by atoms with E-state index < -0.39 is 5.97 Å². The molecule has 0 rings (SSSR count). The third-order valence-corrected chi connectivity index (χ3v) is 0.699. The molecule has 9 heavy (non-hydrogen) atoms. The fourth-order valence-electron chi connectivity index (χ4n) is 0.307. The van der Waals surface area contributed by atoms with Gasteiger partial charge in [0.2, 0.25) is 0 Å². The minimum Gasteiger partial charge on any atom is -0.562 e. The molecule has 0 saturated heterocycles. The smallest absolute Gasteiger partial charge is 0.165 e. The largest absolute Gasteiger partial charge is 0.562 e. The SMILES string of the molecule is [CH-]=C(C[CH-]C)C(=O)O.[Y]. The minimum atomic E-state index is -1.02. The number of carboxylic acid groups (broad SMARTS) is 1. The van der Waals surface area contributed by atoms with E-state index in [4.69, 9.17) is 11.7 Å². The molecule has 0 aromatic heterocycles. The molecule has 0 amide bonds. The van der Waals surface area contributed by atoms with Crippen LogP contribution < -0.4 is 0 Å². The first-order valence-corrected chi connectivity index (χ1v) is 2.31. The molecule has 0 aliphatic rings. The predicted octanol–water partition coefficient (Wildman–Crippen LogP) is 1.04. The van der Waals surface area contributed by atoms with E-state index in [0.29, 0.717) is 6.42 Å². The maximum atomic E-state index is 9.91. The summed E-state index contributed by atoms with van der Waals surface area (Å²) in [5.74, 6) is -1.02. The Balaban J connectivity index is 0. The summed E-state index contributed by atoms with van der Waals surface area (Å²) in [5.41, 5.74) is -0.00694. The Labute approximate surface area is 80.2 Å². The van der Waals surface area contributed by atoms with Gasteiger partial charge in [0.15, 0.2) is 5.97 Å². The molecule has 0 aromatic rings. The van der Waals surface area contributed by atoms with Gasteiger partial charge >= 0.3 is 0 Å². The number of carbonyl (C=O) groups is 1. The standard InChI is InChI=1S/C6H8O2.Y/c1-3-4-5(2)6(7)8;/h2-3H,4H2,1H3,(H,7,8);/q-2;. The summed E-state index contributed by atoms with van der Waals surface area (Å²) in [6.07, 6.45) is 2.05. The minimum absolute atomic E-state index is 0. The number of rotatable bonds is 3. The van der Waals surface area contributed by atoms with Crippen molar-refractivity contribution < 1.29 is 42.6 Å². The molecule has 3 heteroatoms. The molecule has 0 bridgehead atoms. The van der Waals surface area contributed by atoms with Crippen molar-refractivity contribution in [3.63, 3.8) is 0 Å². The van der Waals surface area contributed by atoms with Crippen LogP contribution in [0.2, 0.25) is 0 Å². The van der Waals surface area contributed by atoms with Gasteiger partial charge in [0.05, 0.1) is 0 Å². The summed E-state index contributed by atoms with van der Waals surface area (Å²) in [6.45, 7) is 6.77. The van der Waals surface area contributed by atoms with E-state index in [1.165, 1.54) is 0 Å². The van der Waals surface area contributed by atoms with Crippen LogP contribution in [0.3, 0.4) is 0 Å². The second-order valence-corrected chi connectivity index (χ2v) is 1.44. The summed E-state index contributed by atoms with van der Waals surface area (Å²) in [7, 11) is 0. The molecule has 0 unspecified atom stereocenters. The van der Waals surface area contributed by atoms with Crippen LogP contribution in [-0.2, 0) is 37.5 Å². The second kappa shape index (κ2) is 6.43. The number of hydrogen-bond donors (Lipinski definition) is 1. The summed E-state index contributed by atoms with van der Waals surface area (Å²) < 4.78 is 0. The van der Waals surface area contributed by atoms with Crippen molar-refractivity contribution in [1.29, 1.82) is 0 Å². The topological polar surface area (TPSA) is 37.3 Å². The van der Waals surface area contributed by atoms with Gasteiger partial charge in [-0.25, -0.2) is 0 Å². The Morgan fingerprint density at radius 3 is 2.33 bits per heavy atom. The van der Waals surface area contributed by atoms with Crippen LogP contribution in [0.15, 0.2) is 5.57 Å². The Bertz CT molecular complexity index is 110. The first-order chi connectivity index (χ1) is 3.68. The normalized spacial score (nSPS) is 7.67. The zero-order chi connectivity index (χ0) is 6.57. The van der Waals surface area contributed by atoms with Gasteiger partial charge in [0, 0.05) is 32.7 Å². The van der Waals surface area contributed by atoms with E-state index in [1.54, 1.807) is 13.3 Å². The van der Waals surface area contributed by atoms with Gasteiger partial charge in [-0.3, -0.25) is 6.58 Å². The van der Waals surface area contributed by atoms with Gasteiger partial charge in [0.25, 0.3) is 0 Å². The maximum absolute atomic E-state index is 9.91. The second-order valence-electron chi connectivity index (χ2n) is 1.44. The van der Waals surface area contributed by atoms with E-state index >= 15 is 0 Å². The van der Waals surface area contributed by atoms with Crippen LogP contribution in [0.5, 0.6) is 0 Å². The Morgan fingerprint density at radius 1 is 1.78 bits per heavy atom. The zero-order valence-corrected chi connectivity index (χ0v) is 8.13. The van der Waals surface area contributed by atoms with Gasteiger partial charge in [-0.05, 0) is 0 Å². The molecule has 0 spiro atoms. The quantitative estimate of drug-likeness (QED) is 0.547. The first-order valence-electron chi connectivity index (χ1n) is 2.31. The molecule has 1 N–H and O–H groups in total. The van der Waals surface area contributed by atoms with Gasteiger partial charge in [-0.15, -0.1) is 0 Å². The molecule has 0 saturated carbocycles. The van der Waals surface area contributed by atoms with Crippen molar-refractivity contribution in [3.05, 3.63) is 18.6 Å². The maximum Gasteiger partial charge on any atom is 0.165 e. The summed E-state index contributed by atoms with van der Waals surface area (Å²) in [6, 6.07) is 0. The van der Waals surface area contributed by atoms with Crippen LogP contribution >= 0.6 is 0 Å². The van der Waals surface area contributed by atoms with Crippen LogP contribution in [0.1, 0.15) is 13.3 Å². The molecule has 0 aliphatic carbocycles. The fraction of sp³-hybridized carbons (Fsp3) is 0.333. The van der Waals surface area contributed by atoms with Gasteiger partial charge in [-0.2, -0.15) is 18.9 Å². The van der Waals surface area contributed by atoms with Crippen molar-refractivity contribution in [2.24, 2.45) is 0 Å². The van der Waals surface area contributed by atoms with E-state index in [9.17, 15) is 4.79 Å². The molecule has 0 heterocycles. The molecule has 0 atom stereocenters. The summed E-state index contributed by atoms with van der Waals surface area (Å²) in [5, 5.41) is 8.13. The molecule has 0 aromatic carbocycles. The number of hydrogen-bond acceptors (Lipinski definition) is 1. The van der Waals surface area contributed by atoms with Crippen molar-refractivity contribution in [1.82, 2.24) is 0 Å². The molecule has 0 aliphatic heterocycles. The Morgan fingerprint density at radius 2 is 2.22 bits per heavy atom. The van der Waals surface area contributed by atoms with E-state index in [0.717, 1.165) is 0 Å². The Hall–Kier alpha value is 0.314. The molecular formula is C6H8O2Y-2. The van der Waals surface area contributed by atoms with Crippen LogP contribution in [0.25, 0.3) is 0 Å². The van der Waals surface area contributed by atoms with Crippen LogP contribution in [0, 0.1) is 13.0 Å². The van der Waals surface area contributed by atoms with Gasteiger partial charge in [0.1, 0.15) is 0 Å². The molecule has 2 nitrogen and oxygen atoms in total. The third kappa shape index (κ3) is 6.20. The summed E-state index contributed by atoms with van der Waals surface area (Å²) in [4.78, 5) is 9.91. The van der Waals surface area contributed by atoms with E-state index in [2.05, 4.69) is 0 Å². The van der Waals surface area contributed by atoms with Gasteiger partial charge in [-0.1, -0.05) is 0 Å². The van der Waals surface area contributed by atoms with Crippen LogP contribution in [-0.4, -0.2) is 11.1 Å².